The first kappa shape index (κ1) is 20.3. The molecule has 1 aliphatic heterocycles. The van der Waals surface area contributed by atoms with E-state index in [1.807, 2.05) is 11.8 Å². The first-order chi connectivity index (χ1) is 13.8. The normalized spacial score (nSPS) is 42.4. The summed E-state index contributed by atoms with van der Waals surface area (Å²) in [6.45, 7) is 6.72. The van der Waals surface area contributed by atoms with E-state index in [9.17, 15) is 0 Å². The predicted octanol–water partition coefficient (Wildman–Crippen LogP) is 5.11. The first-order valence-corrected chi connectivity index (χ1v) is 13.2. The van der Waals surface area contributed by atoms with Crippen LogP contribution in [0.1, 0.15) is 51.5 Å². The van der Waals surface area contributed by atoms with Gasteiger partial charge in [-0.05, 0) is 78.3 Å². The standard InChI is InChI=1S/C25H36N2S2/c1-23(2)16-27(10-9-21(23)26)22(28)25-12-17-11-24(15-25,18-7-5-4-6-8-18)13-20(25)19(17)14-29-3/h4-8,17,19-21H,9-16,26H2,1-3H3/t17?,19?,20?,21-,24?,25?/m0/s1. The number of nitrogens with two attached hydrogens (primary N) is 1. The van der Waals surface area contributed by atoms with Crippen molar-refractivity contribution in [3.05, 3.63) is 35.9 Å². The zero-order valence-corrected chi connectivity index (χ0v) is 19.8. The Hall–Kier alpha value is -0.580. The molecule has 6 atom stereocenters. The lowest BCUT2D eigenvalue weighted by atomic mass is 9.62. The molecule has 2 nitrogen and oxygen atoms in total. The molecule has 2 N–H and O–H groups in total. The summed E-state index contributed by atoms with van der Waals surface area (Å²) in [6, 6.07) is 11.7. The monoisotopic (exact) mass is 428 g/mol. The van der Waals surface area contributed by atoms with Crippen LogP contribution in [-0.4, -0.2) is 41.0 Å². The fourth-order valence-electron chi connectivity index (χ4n) is 7.79. The Bertz CT molecular complexity index is 793. The lowest BCUT2D eigenvalue weighted by molar-refractivity contribution is 0.133. The molecule has 0 aromatic heterocycles. The average molecular weight is 429 g/mol. The largest absolute Gasteiger partial charge is 0.365 e. The molecule has 158 valence electrons. The molecule has 4 bridgehead atoms. The highest BCUT2D eigenvalue weighted by molar-refractivity contribution is 7.98. The van der Waals surface area contributed by atoms with Crippen LogP contribution in [0.5, 0.6) is 0 Å². The Morgan fingerprint density at radius 3 is 2.66 bits per heavy atom. The summed E-state index contributed by atoms with van der Waals surface area (Å²) in [5.74, 6) is 3.76. The molecule has 6 rings (SSSR count). The van der Waals surface area contributed by atoms with Gasteiger partial charge >= 0.3 is 0 Å². The fourth-order valence-corrected chi connectivity index (χ4v) is 9.15. The van der Waals surface area contributed by atoms with E-state index in [1.54, 1.807) is 5.56 Å². The van der Waals surface area contributed by atoms with Gasteiger partial charge in [0.15, 0.2) is 0 Å². The maximum Gasteiger partial charge on any atom is 0.0845 e. The molecule has 4 saturated carbocycles. The molecule has 4 aliphatic carbocycles. The van der Waals surface area contributed by atoms with Crippen molar-refractivity contribution in [3.63, 3.8) is 0 Å². The summed E-state index contributed by atoms with van der Waals surface area (Å²) >= 11 is 8.44. The summed E-state index contributed by atoms with van der Waals surface area (Å²) in [6.07, 6.45) is 8.67. The number of rotatable bonds is 4. The second-order valence-electron chi connectivity index (χ2n) is 11.2. The van der Waals surface area contributed by atoms with Crippen molar-refractivity contribution in [1.82, 2.24) is 4.90 Å². The van der Waals surface area contributed by atoms with Crippen LogP contribution in [0.3, 0.4) is 0 Å². The predicted molar refractivity (Wildman–Crippen MR) is 128 cm³/mol. The molecule has 1 saturated heterocycles. The fraction of sp³-hybridized carbons (Fsp3) is 0.720. The van der Waals surface area contributed by atoms with Gasteiger partial charge in [0.05, 0.1) is 4.99 Å². The molecule has 1 aromatic carbocycles. The number of piperidine rings is 1. The minimum Gasteiger partial charge on any atom is -0.365 e. The summed E-state index contributed by atoms with van der Waals surface area (Å²) in [4.78, 5) is 3.88. The summed E-state index contributed by atoms with van der Waals surface area (Å²) in [7, 11) is 0. The second kappa shape index (κ2) is 6.97. The Labute approximate surface area is 186 Å². The van der Waals surface area contributed by atoms with Crippen LogP contribution in [0.4, 0.5) is 0 Å². The number of hydrogen-bond acceptors (Lipinski definition) is 3. The molecule has 1 heterocycles. The highest BCUT2D eigenvalue weighted by atomic mass is 32.2. The van der Waals surface area contributed by atoms with E-state index in [-0.39, 0.29) is 16.9 Å². The Kier molecular flexibility index (Phi) is 4.88. The molecular weight excluding hydrogens is 392 g/mol. The highest BCUT2D eigenvalue weighted by Crippen LogP contribution is 2.73. The molecule has 0 radical (unpaired) electrons. The quantitative estimate of drug-likeness (QED) is 0.675. The molecule has 5 fully saturated rings. The van der Waals surface area contributed by atoms with E-state index < -0.39 is 0 Å². The number of thiocarbonyl (C=S) groups is 1. The van der Waals surface area contributed by atoms with Gasteiger partial charge < -0.3 is 10.6 Å². The topological polar surface area (TPSA) is 29.3 Å². The van der Waals surface area contributed by atoms with Gasteiger partial charge in [-0.1, -0.05) is 56.4 Å². The highest BCUT2D eigenvalue weighted by Gasteiger charge is 2.69. The molecule has 5 aliphatic rings. The molecule has 5 unspecified atom stereocenters. The van der Waals surface area contributed by atoms with Crippen molar-refractivity contribution in [1.29, 1.82) is 0 Å². The van der Waals surface area contributed by atoms with Crippen LogP contribution >= 0.6 is 24.0 Å². The third kappa shape index (κ3) is 2.96. The number of likely N-dealkylation sites (tertiary alicyclic amines) is 1. The maximum absolute atomic E-state index is 6.45. The molecule has 29 heavy (non-hydrogen) atoms. The van der Waals surface area contributed by atoms with Gasteiger partial charge in [-0.25, -0.2) is 0 Å². The minimum absolute atomic E-state index is 0.143. The summed E-state index contributed by atoms with van der Waals surface area (Å²) < 4.78 is 0. The zero-order valence-electron chi connectivity index (χ0n) is 18.2. The van der Waals surface area contributed by atoms with Gasteiger partial charge in [0.25, 0.3) is 0 Å². The molecular formula is C25H36N2S2. The zero-order chi connectivity index (χ0) is 20.4. The first-order valence-electron chi connectivity index (χ1n) is 11.4. The number of benzene rings is 1. The molecule has 1 aromatic rings. The van der Waals surface area contributed by atoms with Crippen molar-refractivity contribution in [2.75, 3.05) is 25.1 Å². The van der Waals surface area contributed by atoms with Crippen LogP contribution in [0, 0.1) is 28.6 Å². The van der Waals surface area contributed by atoms with E-state index in [4.69, 9.17) is 18.0 Å². The summed E-state index contributed by atoms with van der Waals surface area (Å²) in [5.41, 5.74) is 8.76. The van der Waals surface area contributed by atoms with Crippen LogP contribution in [-0.2, 0) is 5.41 Å². The van der Waals surface area contributed by atoms with E-state index in [0.29, 0.717) is 5.41 Å². The Balaban J connectivity index is 1.49. The van der Waals surface area contributed by atoms with Crippen LogP contribution in [0.15, 0.2) is 30.3 Å². The van der Waals surface area contributed by atoms with Gasteiger partial charge in [-0.2, -0.15) is 11.8 Å². The Morgan fingerprint density at radius 1 is 1.21 bits per heavy atom. The lowest BCUT2D eigenvalue weighted by Crippen LogP contribution is -2.56. The lowest BCUT2D eigenvalue weighted by Gasteiger charge is -2.49. The minimum atomic E-state index is 0.143. The van der Waals surface area contributed by atoms with Gasteiger partial charge in [-0.15, -0.1) is 0 Å². The summed E-state index contributed by atoms with van der Waals surface area (Å²) in [5, 5.41) is 0. The van der Waals surface area contributed by atoms with Gasteiger partial charge in [0.2, 0.25) is 0 Å². The molecule has 0 spiro atoms. The number of hydrogen-bond donors (Lipinski definition) is 1. The van der Waals surface area contributed by atoms with Gasteiger partial charge in [-0.3, -0.25) is 0 Å². The van der Waals surface area contributed by atoms with E-state index in [2.05, 4.69) is 55.3 Å². The van der Waals surface area contributed by atoms with Crippen molar-refractivity contribution < 1.29 is 0 Å². The molecule has 0 amide bonds. The van der Waals surface area contributed by atoms with E-state index >= 15 is 0 Å². The number of nitrogens with zero attached hydrogens (tertiary/aromatic N) is 1. The molecule has 4 heteroatoms. The number of thioether (sulfide) groups is 1. The smallest absolute Gasteiger partial charge is 0.0845 e. The van der Waals surface area contributed by atoms with E-state index in [1.165, 1.54) is 36.4 Å². The van der Waals surface area contributed by atoms with Crippen molar-refractivity contribution in [3.8, 4) is 0 Å². The van der Waals surface area contributed by atoms with Crippen molar-refractivity contribution >= 4 is 29.0 Å². The Morgan fingerprint density at radius 2 is 1.97 bits per heavy atom. The van der Waals surface area contributed by atoms with Gasteiger partial charge in [0.1, 0.15) is 0 Å². The van der Waals surface area contributed by atoms with Crippen molar-refractivity contribution in [2.24, 2.45) is 34.3 Å². The third-order valence-electron chi connectivity index (χ3n) is 9.15. The van der Waals surface area contributed by atoms with Crippen molar-refractivity contribution in [2.45, 2.75) is 57.4 Å². The van der Waals surface area contributed by atoms with Gasteiger partial charge in [0, 0.05) is 24.5 Å². The SMILES string of the molecule is CSCC1C2CC3(c4ccccc4)CC1C(C(=S)N1CC[C@H](N)C(C)(C)C1)(C2)C3. The average Bonchev–Trinajstić information content (AvgIpc) is 3.08. The second-order valence-corrected chi connectivity index (χ2v) is 12.5. The van der Waals surface area contributed by atoms with E-state index in [0.717, 1.165) is 37.3 Å². The van der Waals surface area contributed by atoms with Crippen LogP contribution < -0.4 is 5.73 Å². The third-order valence-corrected chi connectivity index (χ3v) is 10.5. The maximum atomic E-state index is 6.45. The van der Waals surface area contributed by atoms with Crippen LogP contribution in [0.25, 0.3) is 0 Å². The van der Waals surface area contributed by atoms with Crippen LogP contribution in [0.2, 0.25) is 0 Å².